The number of piperidine rings is 1. The van der Waals surface area contributed by atoms with Crippen molar-refractivity contribution in [2.45, 2.75) is 51.9 Å². The third kappa shape index (κ3) is 3.85. The van der Waals surface area contributed by atoms with E-state index in [4.69, 9.17) is 5.73 Å². The van der Waals surface area contributed by atoms with Gasteiger partial charge in [0.05, 0.1) is 0 Å². The number of hydrogen-bond acceptors (Lipinski definition) is 2. The molecule has 0 radical (unpaired) electrons. The molecule has 5 heteroatoms. The molecule has 2 N–H and O–H groups in total. The Kier molecular flexibility index (Phi) is 4.84. The molecule has 0 spiro atoms. The van der Waals surface area contributed by atoms with Crippen molar-refractivity contribution in [2.24, 2.45) is 17.6 Å². The van der Waals surface area contributed by atoms with Crippen LogP contribution in [0.5, 0.6) is 0 Å². The lowest BCUT2D eigenvalue weighted by molar-refractivity contribution is -0.191. The van der Waals surface area contributed by atoms with Crippen LogP contribution >= 0.6 is 0 Å². The first-order chi connectivity index (χ1) is 7.73. The van der Waals surface area contributed by atoms with Gasteiger partial charge in [0.15, 0.2) is 0 Å². The van der Waals surface area contributed by atoms with Crippen LogP contribution in [-0.4, -0.2) is 36.2 Å². The number of likely N-dealkylation sites (tertiary alicyclic amines) is 1. The fraction of sp³-hybridized carbons (Fsp3) is 1.00. The summed E-state index contributed by atoms with van der Waals surface area (Å²) in [5.74, 6) is 1.10. The first kappa shape index (κ1) is 14.8. The molecule has 1 aliphatic heterocycles. The molecular weight excluding hydrogens is 229 g/mol. The molecule has 2 atom stereocenters. The molecule has 0 aromatic carbocycles. The molecule has 2 nitrogen and oxygen atoms in total. The summed E-state index contributed by atoms with van der Waals surface area (Å²) >= 11 is 0. The molecule has 0 saturated carbocycles. The van der Waals surface area contributed by atoms with Crippen molar-refractivity contribution >= 4 is 0 Å². The maximum Gasteiger partial charge on any atom is 0.405 e. The van der Waals surface area contributed by atoms with E-state index in [1.165, 1.54) is 11.8 Å². The molecule has 1 saturated heterocycles. The average Bonchev–Trinajstić information content (AvgIpc) is 2.15. The maximum absolute atomic E-state index is 12.9. The van der Waals surface area contributed by atoms with Gasteiger partial charge in [-0.05, 0) is 44.7 Å². The van der Waals surface area contributed by atoms with Crippen LogP contribution in [0.25, 0.3) is 0 Å². The second-order valence-corrected chi connectivity index (χ2v) is 5.46. The smallest absolute Gasteiger partial charge is 0.326 e. The Bertz CT molecular complexity index is 230. The SMILES string of the molecule is CC(C)C1CCN(C(C(C)N)C(F)(F)F)CC1. The van der Waals surface area contributed by atoms with E-state index in [9.17, 15) is 13.2 Å². The number of alkyl halides is 3. The predicted molar refractivity (Wildman–Crippen MR) is 62.6 cm³/mol. The minimum Gasteiger partial charge on any atom is -0.326 e. The number of nitrogens with zero attached hydrogens (tertiary/aromatic N) is 1. The van der Waals surface area contributed by atoms with Crippen LogP contribution in [0.2, 0.25) is 0 Å². The van der Waals surface area contributed by atoms with E-state index in [1.807, 2.05) is 0 Å². The van der Waals surface area contributed by atoms with Crippen LogP contribution in [-0.2, 0) is 0 Å². The van der Waals surface area contributed by atoms with Gasteiger partial charge in [0.2, 0.25) is 0 Å². The second-order valence-electron chi connectivity index (χ2n) is 5.46. The van der Waals surface area contributed by atoms with Gasteiger partial charge in [-0.25, -0.2) is 0 Å². The minimum atomic E-state index is -4.22. The number of halogens is 3. The Morgan fingerprint density at radius 1 is 1.12 bits per heavy atom. The highest BCUT2D eigenvalue weighted by molar-refractivity contribution is 4.88. The van der Waals surface area contributed by atoms with Gasteiger partial charge in [0.1, 0.15) is 6.04 Å². The van der Waals surface area contributed by atoms with E-state index >= 15 is 0 Å². The zero-order valence-electron chi connectivity index (χ0n) is 10.8. The van der Waals surface area contributed by atoms with Crippen LogP contribution in [0, 0.1) is 11.8 Å². The third-order valence-corrected chi connectivity index (χ3v) is 3.74. The van der Waals surface area contributed by atoms with E-state index in [-0.39, 0.29) is 0 Å². The second kappa shape index (κ2) is 5.57. The van der Waals surface area contributed by atoms with Gasteiger partial charge in [-0.3, -0.25) is 4.90 Å². The molecule has 1 fully saturated rings. The molecule has 0 aromatic heterocycles. The van der Waals surface area contributed by atoms with Gasteiger partial charge in [0.25, 0.3) is 0 Å². The van der Waals surface area contributed by atoms with Crippen LogP contribution in [0.3, 0.4) is 0 Å². The molecule has 0 aliphatic carbocycles. The van der Waals surface area contributed by atoms with Gasteiger partial charge < -0.3 is 5.73 Å². The number of hydrogen-bond donors (Lipinski definition) is 1. The molecule has 1 heterocycles. The van der Waals surface area contributed by atoms with E-state index < -0.39 is 18.3 Å². The fourth-order valence-corrected chi connectivity index (χ4v) is 2.70. The Balaban J connectivity index is 2.62. The zero-order chi connectivity index (χ0) is 13.2. The van der Waals surface area contributed by atoms with Crippen molar-refractivity contribution in [3.05, 3.63) is 0 Å². The van der Waals surface area contributed by atoms with Crippen molar-refractivity contribution in [3.63, 3.8) is 0 Å². The summed E-state index contributed by atoms with van der Waals surface area (Å²) in [6.07, 6.45) is -2.53. The van der Waals surface area contributed by atoms with Crippen molar-refractivity contribution in [1.29, 1.82) is 0 Å². The Labute approximate surface area is 101 Å². The lowest BCUT2D eigenvalue weighted by Gasteiger charge is -2.40. The van der Waals surface area contributed by atoms with Crippen molar-refractivity contribution in [1.82, 2.24) is 4.90 Å². The van der Waals surface area contributed by atoms with E-state index in [1.54, 1.807) is 0 Å². The monoisotopic (exact) mass is 252 g/mol. The minimum absolute atomic E-state index is 0.508. The Morgan fingerprint density at radius 3 is 1.88 bits per heavy atom. The van der Waals surface area contributed by atoms with Crippen molar-refractivity contribution < 1.29 is 13.2 Å². The topological polar surface area (TPSA) is 29.3 Å². The van der Waals surface area contributed by atoms with Crippen LogP contribution < -0.4 is 5.73 Å². The maximum atomic E-state index is 12.9. The highest BCUT2D eigenvalue weighted by atomic mass is 19.4. The normalized spacial score (nSPS) is 24.0. The molecule has 17 heavy (non-hydrogen) atoms. The summed E-state index contributed by atoms with van der Waals surface area (Å²) in [7, 11) is 0. The van der Waals surface area contributed by atoms with Gasteiger partial charge >= 0.3 is 6.18 Å². The first-order valence-electron chi connectivity index (χ1n) is 6.29. The molecule has 0 bridgehead atoms. The number of nitrogens with two attached hydrogens (primary N) is 1. The van der Waals surface area contributed by atoms with E-state index in [0.717, 1.165) is 12.8 Å². The quantitative estimate of drug-likeness (QED) is 0.836. The largest absolute Gasteiger partial charge is 0.405 e. The van der Waals surface area contributed by atoms with Gasteiger partial charge in [-0.2, -0.15) is 13.2 Å². The van der Waals surface area contributed by atoms with Crippen LogP contribution in [0.4, 0.5) is 13.2 Å². The summed E-state index contributed by atoms with van der Waals surface area (Å²) in [5.41, 5.74) is 5.49. The molecule has 0 amide bonds. The molecule has 102 valence electrons. The van der Waals surface area contributed by atoms with Gasteiger partial charge in [-0.15, -0.1) is 0 Å². The van der Waals surface area contributed by atoms with Crippen LogP contribution in [0.15, 0.2) is 0 Å². The Hall–Kier alpha value is -0.290. The summed E-state index contributed by atoms with van der Waals surface area (Å²) in [6.45, 7) is 6.72. The summed E-state index contributed by atoms with van der Waals surface area (Å²) < 4.78 is 38.7. The molecule has 2 unspecified atom stereocenters. The highest BCUT2D eigenvalue weighted by Gasteiger charge is 2.46. The summed E-state index contributed by atoms with van der Waals surface area (Å²) in [6, 6.07) is -2.36. The zero-order valence-corrected chi connectivity index (χ0v) is 10.8. The summed E-state index contributed by atoms with van der Waals surface area (Å²) in [4.78, 5) is 1.50. The lowest BCUT2D eigenvalue weighted by Crippen LogP contribution is -2.57. The van der Waals surface area contributed by atoms with E-state index in [0.29, 0.717) is 24.9 Å². The first-order valence-corrected chi connectivity index (χ1v) is 6.29. The molecule has 0 aromatic rings. The summed E-state index contributed by atoms with van der Waals surface area (Å²) in [5, 5.41) is 0. The lowest BCUT2D eigenvalue weighted by atomic mass is 9.86. The predicted octanol–water partition coefficient (Wildman–Crippen LogP) is 2.63. The molecule has 1 rings (SSSR count). The standard InChI is InChI=1S/C12H23F3N2/c1-8(2)10-4-6-17(7-5-10)11(9(3)16)12(13,14)15/h8-11H,4-7,16H2,1-3H3. The van der Waals surface area contributed by atoms with Crippen molar-refractivity contribution in [2.75, 3.05) is 13.1 Å². The van der Waals surface area contributed by atoms with E-state index in [2.05, 4.69) is 13.8 Å². The van der Waals surface area contributed by atoms with Crippen molar-refractivity contribution in [3.8, 4) is 0 Å². The third-order valence-electron chi connectivity index (χ3n) is 3.74. The van der Waals surface area contributed by atoms with Gasteiger partial charge in [-0.1, -0.05) is 13.8 Å². The average molecular weight is 252 g/mol. The highest BCUT2D eigenvalue weighted by Crippen LogP contribution is 2.32. The Morgan fingerprint density at radius 2 is 1.59 bits per heavy atom. The van der Waals surface area contributed by atoms with Crippen LogP contribution in [0.1, 0.15) is 33.6 Å². The molecular formula is C12H23F3N2. The fourth-order valence-electron chi connectivity index (χ4n) is 2.70. The number of rotatable bonds is 3. The van der Waals surface area contributed by atoms with Gasteiger partial charge in [0, 0.05) is 6.04 Å². The molecule has 1 aliphatic rings.